The van der Waals surface area contributed by atoms with Gasteiger partial charge in [-0.1, -0.05) is 53.6 Å². The van der Waals surface area contributed by atoms with Crippen molar-refractivity contribution in [3.63, 3.8) is 0 Å². The van der Waals surface area contributed by atoms with E-state index in [0.29, 0.717) is 30.3 Å². The fraction of sp³-hybridized carbons (Fsp3) is 0.267. The summed E-state index contributed by atoms with van der Waals surface area (Å²) < 4.78 is 16.7. The molecule has 1 unspecified atom stereocenters. The third kappa shape index (κ3) is 5.85. The van der Waals surface area contributed by atoms with Gasteiger partial charge in [0.15, 0.2) is 0 Å². The number of ketones is 1. The lowest BCUT2D eigenvalue weighted by Gasteiger charge is -2.25. The van der Waals surface area contributed by atoms with Gasteiger partial charge in [0.25, 0.3) is 11.7 Å². The van der Waals surface area contributed by atoms with Crippen LogP contribution in [0.1, 0.15) is 35.2 Å². The molecule has 7 nitrogen and oxygen atoms in total. The van der Waals surface area contributed by atoms with E-state index in [1.807, 2.05) is 38.1 Å². The molecule has 3 aromatic rings. The molecule has 1 N–H and O–H groups in total. The number of aryl methyl sites for hydroxylation is 1. The molecular weight excluding hydrogens is 506 g/mol. The number of methoxy groups -OCH3 is 1. The first-order chi connectivity index (χ1) is 18.3. The van der Waals surface area contributed by atoms with Gasteiger partial charge in [-0.2, -0.15) is 0 Å². The molecule has 0 aliphatic carbocycles. The van der Waals surface area contributed by atoms with Crippen LogP contribution in [0, 0.1) is 6.92 Å². The highest BCUT2D eigenvalue weighted by Crippen LogP contribution is 2.41. The number of hydrogen-bond donors (Lipinski definition) is 1. The molecule has 0 spiro atoms. The molecule has 1 atom stereocenters. The van der Waals surface area contributed by atoms with Crippen molar-refractivity contribution in [2.24, 2.45) is 0 Å². The first kappa shape index (κ1) is 27.2. The monoisotopic (exact) mass is 535 g/mol. The Bertz CT molecular complexity index is 1350. The van der Waals surface area contributed by atoms with Crippen LogP contribution in [0.3, 0.4) is 0 Å². The Hall–Kier alpha value is -3.81. The van der Waals surface area contributed by atoms with Crippen LogP contribution < -0.4 is 9.47 Å². The van der Waals surface area contributed by atoms with Crippen LogP contribution in [0.5, 0.6) is 11.5 Å². The summed E-state index contributed by atoms with van der Waals surface area (Å²) in [5.41, 5.74) is 2.93. The number of aliphatic hydroxyl groups excluding tert-OH is 1. The molecule has 0 saturated carbocycles. The lowest BCUT2D eigenvalue weighted by molar-refractivity contribution is -0.140. The highest BCUT2D eigenvalue weighted by Gasteiger charge is 2.46. The molecule has 1 fully saturated rings. The van der Waals surface area contributed by atoms with Gasteiger partial charge in [-0.3, -0.25) is 9.59 Å². The third-order valence-corrected chi connectivity index (χ3v) is 6.61. The maximum absolute atomic E-state index is 13.3. The quantitative estimate of drug-likeness (QED) is 0.204. The van der Waals surface area contributed by atoms with E-state index in [2.05, 4.69) is 0 Å². The summed E-state index contributed by atoms with van der Waals surface area (Å²) in [4.78, 5) is 27.8. The normalized spacial score (nSPS) is 16.6. The predicted octanol–water partition coefficient (Wildman–Crippen LogP) is 5.69. The number of halogens is 1. The van der Waals surface area contributed by atoms with Crippen molar-refractivity contribution < 1.29 is 28.9 Å². The summed E-state index contributed by atoms with van der Waals surface area (Å²) in [7, 11) is 1.52. The molecular formula is C30H30ClNO6. The number of rotatable bonds is 10. The summed E-state index contributed by atoms with van der Waals surface area (Å²) in [5.74, 6) is -0.846. The number of carbonyl (C=O) groups excluding carboxylic acids is 2. The van der Waals surface area contributed by atoms with Crippen molar-refractivity contribution in [3.8, 4) is 11.5 Å². The standard InChI is InChI=1S/C30H30ClNO6/c1-4-37-23-12-13-25(31)24(17-23)28(33)26-27(32(14-15-36-3)30(35)29(26)34)21-6-5-7-22(16-21)38-18-20-10-8-19(2)9-11-20/h5-13,16-17,27,33H,4,14-15,18H2,1-3H3/b28-26+. The lowest BCUT2D eigenvalue weighted by atomic mass is 9.95. The smallest absolute Gasteiger partial charge is 0.295 e. The Morgan fingerprint density at radius 3 is 2.45 bits per heavy atom. The molecule has 8 heteroatoms. The zero-order valence-electron chi connectivity index (χ0n) is 21.6. The van der Waals surface area contributed by atoms with E-state index in [1.165, 1.54) is 12.0 Å². The molecule has 1 aliphatic rings. The van der Waals surface area contributed by atoms with Crippen LogP contribution in [0.2, 0.25) is 5.02 Å². The largest absolute Gasteiger partial charge is 0.507 e. The van der Waals surface area contributed by atoms with E-state index in [0.717, 1.165) is 11.1 Å². The highest BCUT2D eigenvalue weighted by molar-refractivity contribution is 6.47. The number of benzene rings is 3. The minimum Gasteiger partial charge on any atom is -0.507 e. The number of ether oxygens (including phenoxy) is 3. The number of nitrogens with zero attached hydrogens (tertiary/aromatic N) is 1. The fourth-order valence-corrected chi connectivity index (χ4v) is 4.57. The van der Waals surface area contributed by atoms with Crippen molar-refractivity contribution in [2.75, 3.05) is 26.9 Å². The summed E-state index contributed by atoms with van der Waals surface area (Å²) in [6.45, 7) is 5.00. The summed E-state index contributed by atoms with van der Waals surface area (Å²) >= 11 is 6.40. The van der Waals surface area contributed by atoms with E-state index >= 15 is 0 Å². The fourth-order valence-electron chi connectivity index (χ4n) is 4.36. The van der Waals surface area contributed by atoms with Gasteiger partial charge in [0.1, 0.15) is 23.9 Å². The minimum atomic E-state index is -0.861. The predicted molar refractivity (Wildman–Crippen MR) is 145 cm³/mol. The van der Waals surface area contributed by atoms with Gasteiger partial charge in [0, 0.05) is 19.2 Å². The maximum atomic E-state index is 13.3. The molecule has 1 saturated heterocycles. The first-order valence-corrected chi connectivity index (χ1v) is 12.7. The van der Waals surface area contributed by atoms with Gasteiger partial charge >= 0.3 is 0 Å². The zero-order valence-corrected chi connectivity index (χ0v) is 22.3. The average Bonchev–Trinajstić information content (AvgIpc) is 3.17. The lowest BCUT2D eigenvalue weighted by Crippen LogP contribution is -2.32. The summed E-state index contributed by atoms with van der Waals surface area (Å²) in [5, 5.41) is 11.6. The second kappa shape index (κ2) is 12.2. The van der Waals surface area contributed by atoms with Crippen LogP contribution in [-0.2, 0) is 20.9 Å². The second-order valence-electron chi connectivity index (χ2n) is 8.91. The molecule has 38 heavy (non-hydrogen) atoms. The number of hydrogen-bond acceptors (Lipinski definition) is 6. The Morgan fingerprint density at radius 1 is 1.00 bits per heavy atom. The van der Waals surface area contributed by atoms with Gasteiger partial charge in [0.05, 0.1) is 29.9 Å². The SMILES string of the molecule is CCOc1ccc(Cl)c(/C(O)=C2\C(=O)C(=O)N(CCOC)C2c2cccc(OCc3ccc(C)cc3)c2)c1. The van der Waals surface area contributed by atoms with Gasteiger partial charge in [0.2, 0.25) is 0 Å². The van der Waals surface area contributed by atoms with Crippen molar-refractivity contribution in [1.29, 1.82) is 0 Å². The van der Waals surface area contributed by atoms with Gasteiger partial charge in [-0.05, 0) is 55.3 Å². The number of carbonyl (C=O) groups is 2. The average molecular weight is 536 g/mol. The number of amides is 1. The van der Waals surface area contributed by atoms with Crippen molar-refractivity contribution in [1.82, 2.24) is 4.90 Å². The van der Waals surface area contributed by atoms with Crippen LogP contribution in [0.25, 0.3) is 5.76 Å². The van der Waals surface area contributed by atoms with Gasteiger partial charge in [-0.25, -0.2) is 0 Å². The zero-order chi connectivity index (χ0) is 27.2. The Morgan fingerprint density at radius 2 is 1.74 bits per heavy atom. The number of aliphatic hydroxyl groups is 1. The number of Topliss-reactive ketones (excluding diaryl/α,β-unsaturated/α-hetero) is 1. The van der Waals surface area contributed by atoms with Crippen LogP contribution >= 0.6 is 11.6 Å². The molecule has 1 heterocycles. The van der Waals surface area contributed by atoms with Crippen LogP contribution in [0.15, 0.2) is 72.3 Å². The molecule has 0 bridgehead atoms. The van der Waals surface area contributed by atoms with E-state index in [1.54, 1.807) is 42.5 Å². The van der Waals surface area contributed by atoms with Crippen LogP contribution in [-0.4, -0.2) is 48.6 Å². The second-order valence-corrected chi connectivity index (χ2v) is 9.31. The molecule has 1 amide bonds. The molecule has 4 rings (SSSR count). The topological polar surface area (TPSA) is 85.3 Å². The van der Waals surface area contributed by atoms with Gasteiger partial charge in [-0.15, -0.1) is 0 Å². The van der Waals surface area contributed by atoms with E-state index < -0.39 is 17.7 Å². The van der Waals surface area contributed by atoms with Crippen molar-refractivity contribution >= 4 is 29.1 Å². The Balaban J connectivity index is 1.75. The molecule has 0 radical (unpaired) electrons. The first-order valence-electron chi connectivity index (χ1n) is 12.3. The van der Waals surface area contributed by atoms with Crippen molar-refractivity contribution in [2.45, 2.75) is 26.5 Å². The minimum absolute atomic E-state index is 0.0580. The van der Waals surface area contributed by atoms with Gasteiger partial charge < -0.3 is 24.2 Å². The van der Waals surface area contributed by atoms with E-state index in [4.69, 9.17) is 25.8 Å². The number of likely N-dealkylation sites (tertiary alicyclic amines) is 1. The van der Waals surface area contributed by atoms with E-state index in [9.17, 15) is 14.7 Å². The van der Waals surface area contributed by atoms with Crippen LogP contribution in [0.4, 0.5) is 0 Å². The Kier molecular flexibility index (Phi) is 8.71. The summed E-state index contributed by atoms with van der Waals surface area (Å²) in [6.07, 6.45) is 0. The maximum Gasteiger partial charge on any atom is 0.295 e. The van der Waals surface area contributed by atoms with Crippen molar-refractivity contribution in [3.05, 3.63) is 99.6 Å². The Labute approximate surface area is 227 Å². The summed E-state index contributed by atoms with van der Waals surface area (Å²) in [6, 6.07) is 19.1. The molecule has 1 aliphatic heterocycles. The molecule has 3 aromatic carbocycles. The molecule has 198 valence electrons. The molecule has 0 aromatic heterocycles. The third-order valence-electron chi connectivity index (χ3n) is 6.28. The van der Waals surface area contributed by atoms with E-state index in [-0.39, 0.29) is 35.1 Å². The highest BCUT2D eigenvalue weighted by atomic mass is 35.5.